The second-order valence-corrected chi connectivity index (χ2v) is 9.94. The maximum atomic E-state index is 13.2. The molecule has 2 atom stereocenters. The summed E-state index contributed by atoms with van der Waals surface area (Å²) in [5.41, 5.74) is 3.14. The Hall–Kier alpha value is -3.42. The monoisotopic (exact) mass is 476 g/mol. The zero-order valence-electron chi connectivity index (χ0n) is 20.8. The van der Waals surface area contributed by atoms with Crippen molar-refractivity contribution in [2.24, 2.45) is 0 Å². The minimum absolute atomic E-state index is 0. The van der Waals surface area contributed by atoms with Gasteiger partial charge in [-0.15, -0.1) is 0 Å². The maximum Gasteiger partial charge on any atom is 0.255 e. The van der Waals surface area contributed by atoms with E-state index in [1.54, 1.807) is 13.1 Å². The number of aromatic amines is 1. The molecule has 2 amide bonds. The van der Waals surface area contributed by atoms with E-state index >= 15 is 0 Å². The topological polar surface area (TPSA) is 85.4 Å². The first-order valence-corrected chi connectivity index (χ1v) is 12.7. The average Bonchev–Trinajstić information content (AvgIpc) is 3.07. The Kier molecular flexibility index (Phi) is 6.45. The molecule has 2 aliphatic rings. The van der Waals surface area contributed by atoms with Crippen molar-refractivity contribution in [3.05, 3.63) is 42.2 Å². The summed E-state index contributed by atoms with van der Waals surface area (Å²) in [6, 6.07) is 8.22. The number of hydrogen-bond donors (Lipinski definition) is 1. The summed E-state index contributed by atoms with van der Waals surface area (Å²) in [4.78, 5) is 44.2. The molecule has 5 rings (SSSR count). The third kappa shape index (κ3) is 4.61. The van der Waals surface area contributed by atoms with E-state index in [2.05, 4.69) is 28.7 Å². The molecule has 3 aromatic rings. The third-order valence-corrected chi connectivity index (χ3v) is 7.29. The van der Waals surface area contributed by atoms with Crippen LogP contribution in [0.5, 0.6) is 0 Å². The van der Waals surface area contributed by atoms with Crippen LogP contribution in [-0.2, 0) is 4.79 Å². The lowest BCUT2D eigenvalue weighted by molar-refractivity contribution is -0.133. The summed E-state index contributed by atoms with van der Waals surface area (Å²) in [6.07, 6.45) is 8.09. The molecule has 0 saturated carbocycles. The van der Waals surface area contributed by atoms with Crippen LogP contribution in [0.3, 0.4) is 0 Å². The Bertz CT molecular complexity index is 1220. The van der Waals surface area contributed by atoms with E-state index in [-0.39, 0.29) is 25.3 Å². The van der Waals surface area contributed by atoms with E-state index in [4.69, 9.17) is 4.98 Å². The number of hydrogen-bond acceptors (Lipinski definition) is 5. The second kappa shape index (κ2) is 9.68. The molecular weight excluding hydrogens is 440 g/mol. The van der Waals surface area contributed by atoms with Crippen LogP contribution in [0, 0.1) is 0 Å². The number of carbonyl (C=O) groups excluding carboxylic acids is 2. The highest BCUT2D eigenvalue weighted by Gasteiger charge is 2.31. The molecule has 5 heterocycles. The van der Waals surface area contributed by atoms with Gasteiger partial charge in [0.25, 0.3) is 5.91 Å². The van der Waals surface area contributed by atoms with Gasteiger partial charge in [-0.25, -0.2) is 9.97 Å². The molecule has 2 saturated heterocycles. The van der Waals surface area contributed by atoms with E-state index in [0.717, 1.165) is 67.1 Å². The summed E-state index contributed by atoms with van der Waals surface area (Å²) in [7, 11) is 0. The third-order valence-electron chi connectivity index (χ3n) is 7.29. The molecule has 0 spiro atoms. The number of amides is 2. The number of likely N-dealkylation sites (tertiary alicyclic amines) is 1. The standard InChI is InChI=1S/C27H34N6O2.H2/c1-18-16-32(17-19(2)33(18)20(3)34)25-10-8-9-24(30-25)23-15-29-26-22(23)13-21(14-28-26)27(35)31-11-6-4-5-7-12-31;/h8-10,13-15,18-19H,4-7,11-12,16-17H2,1-3H3,(H,28,29);1H/t18-,19+;. The summed E-state index contributed by atoms with van der Waals surface area (Å²) < 4.78 is 0. The molecule has 1 N–H and O–H groups in total. The highest BCUT2D eigenvalue weighted by molar-refractivity contribution is 6.00. The van der Waals surface area contributed by atoms with Crippen molar-refractivity contribution in [2.45, 2.75) is 58.5 Å². The van der Waals surface area contributed by atoms with Crippen LogP contribution in [-0.4, -0.2) is 74.8 Å². The second-order valence-electron chi connectivity index (χ2n) is 9.94. The van der Waals surface area contributed by atoms with Gasteiger partial charge in [-0.1, -0.05) is 18.9 Å². The number of piperazine rings is 1. The highest BCUT2D eigenvalue weighted by atomic mass is 16.2. The van der Waals surface area contributed by atoms with E-state index in [1.807, 2.05) is 40.3 Å². The number of aromatic nitrogens is 3. The lowest BCUT2D eigenvalue weighted by atomic mass is 10.1. The van der Waals surface area contributed by atoms with E-state index < -0.39 is 0 Å². The number of carbonyl (C=O) groups is 2. The van der Waals surface area contributed by atoms with Crippen molar-refractivity contribution >= 4 is 28.7 Å². The van der Waals surface area contributed by atoms with Crippen molar-refractivity contribution in [3.63, 3.8) is 0 Å². The minimum atomic E-state index is 0. The molecule has 8 heteroatoms. The van der Waals surface area contributed by atoms with Crippen LogP contribution < -0.4 is 4.90 Å². The SMILES string of the molecule is CC(=O)N1[C@H](C)CN(c2cccc(-c3c[nH]c4ncc(C(=O)N5CCCCCC5)cc34)n2)C[C@@H]1C.[HH]. The van der Waals surface area contributed by atoms with Crippen molar-refractivity contribution in [3.8, 4) is 11.3 Å². The molecule has 0 radical (unpaired) electrons. The number of nitrogens with one attached hydrogen (secondary N) is 1. The summed E-state index contributed by atoms with van der Waals surface area (Å²) in [6.45, 7) is 8.92. The molecular formula is C27H36N6O2. The molecule has 0 bridgehead atoms. The summed E-state index contributed by atoms with van der Waals surface area (Å²) in [5.74, 6) is 1.06. The van der Waals surface area contributed by atoms with Crippen LogP contribution in [0.15, 0.2) is 36.7 Å². The largest absolute Gasteiger partial charge is 0.352 e. The van der Waals surface area contributed by atoms with Gasteiger partial charge >= 0.3 is 0 Å². The van der Waals surface area contributed by atoms with Gasteiger partial charge in [-0.05, 0) is 44.9 Å². The van der Waals surface area contributed by atoms with Crippen molar-refractivity contribution < 1.29 is 11.0 Å². The van der Waals surface area contributed by atoms with E-state index in [1.165, 1.54) is 12.8 Å². The first-order chi connectivity index (χ1) is 16.9. The summed E-state index contributed by atoms with van der Waals surface area (Å²) in [5, 5.41) is 0.901. The Morgan fingerprint density at radius 3 is 2.46 bits per heavy atom. The quantitative estimate of drug-likeness (QED) is 0.608. The van der Waals surface area contributed by atoms with Gasteiger partial charge in [0.15, 0.2) is 0 Å². The van der Waals surface area contributed by atoms with Gasteiger partial charge in [0.1, 0.15) is 11.5 Å². The molecule has 35 heavy (non-hydrogen) atoms. The number of nitrogens with zero attached hydrogens (tertiary/aromatic N) is 5. The number of H-pyrrole nitrogens is 1. The minimum Gasteiger partial charge on any atom is -0.352 e. The predicted octanol–water partition coefficient (Wildman–Crippen LogP) is 4.33. The molecule has 0 unspecified atom stereocenters. The van der Waals surface area contributed by atoms with Crippen LogP contribution in [0.1, 0.15) is 58.2 Å². The maximum absolute atomic E-state index is 13.2. The van der Waals surface area contributed by atoms with Crippen molar-refractivity contribution in [2.75, 3.05) is 31.1 Å². The van der Waals surface area contributed by atoms with E-state index in [9.17, 15) is 9.59 Å². The van der Waals surface area contributed by atoms with Gasteiger partial charge < -0.3 is 19.7 Å². The lowest BCUT2D eigenvalue weighted by Gasteiger charge is -2.44. The lowest BCUT2D eigenvalue weighted by Crippen LogP contribution is -2.58. The zero-order valence-corrected chi connectivity index (χ0v) is 20.8. The van der Waals surface area contributed by atoms with Gasteiger partial charge in [0, 0.05) is 70.0 Å². The van der Waals surface area contributed by atoms with Crippen molar-refractivity contribution in [1.82, 2.24) is 24.8 Å². The van der Waals surface area contributed by atoms with Crippen molar-refractivity contribution in [1.29, 1.82) is 0 Å². The first kappa shape index (κ1) is 23.3. The number of rotatable bonds is 3. The molecule has 0 aliphatic carbocycles. The predicted molar refractivity (Wildman–Crippen MR) is 139 cm³/mol. The zero-order chi connectivity index (χ0) is 24.5. The Labute approximate surface area is 207 Å². The van der Waals surface area contributed by atoms with Gasteiger partial charge in [0.2, 0.25) is 5.91 Å². The molecule has 3 aromatic heterocycles. The van der Waals surface area contributed by atoms with Crippen LogP contribution in [0.4, 0.5) is 5.82 Å². The number of fused-ring (bicyclic) bond motifs is 1. The van der Waals surface area contributed by atoms with Gasteiger partial charge in [-0.3, -0.25) is 9.59 Å². The van der Waals surface area contributed by atoms with Crippen LogP contribution in [0.25, 0.3) is 22.3 Å². The number of anilines is 1. The average molecular weight is 477 g/mol. The molecule has 8 nitrogen and oxygen atoms in total. The van der Waals surface area contributed by atoms with Gasteiger partial charge in [0.05, 0.1) is 11.3 Å². The number of pyridine rings is 2. The highest BCUT2D eigenvalue weighted by Crippen LogP contribution is 2.30. The Balaban J connectivity index is 0.00000304. The van der Waals surface area contributed by atoms with E-state index in [0.29, 0.717) is 5.56 Å². The first-order valence-electron chi connectivity index (χ1n) is 12.7. The van der Waals surface area contributed by atoms with Gasteiger partial charge in [-0.2, -0.15) is 0 Å². The smallest absolute Gasteiger partial charge is 0.255 e. The fourth-order valence-corrected chi connectivity index (χ4v) is 5.67. The fraction of sp³-hybridized carbons (Fsp3) is 0.481. The van der Waals surface area contributed by atoms with Crippen LogP contribution in [0.2, 0.25) is 0 Å². The fourth-order valence-electron chi connectivity index (χ4n) is 5.67. The van der Waals surface area contributed by atoms with Crippen LogP contribution >= 0.6 is 0 Å². The molecule has 2 aliphatic heterocycles. The molecule has 2 fully saturated rings. The Morgan fingerprint density at radius 2 is 1.77 bits per heavy atom. The molecule has 0 aromatic carbocycles. The normalized spacial score (nSPS) is 21.3. The Morgan fingerprint density at radius 1 is 1.06 bits per heavy atom. The molecule has 186 valence electrons. The summed E-state index contributed by atoms with van der Waals surface area (Å²) >= 11 is 0.